The van der Waals surface area contributed by atoms with Gasteiger partial charge in [-0.15, -0.1) is 0 Å². The highest BCUT2D eigenvalue weighted by molar-refractivity contribution is 7.92. The molecule has 0 fully saturated rings. The summed E-state index contributed by atoms with van der Waals surface area (Å²) in [7, 11) is -2.32. The summed E-state index contributed by atoms with van der Waals surface area (Å²) in [6.45, 7) is 8.21. The molecule has 0 heterocycles. The molecule has 1 amide bonds. The third kappa shape index (κ3) is 6.20. The molecule has 0 spiro atoms. The number of para-hydroxylation sites is 1. The Hall–Kier alpha value is -4.10. The average molecular weight is 557 g/mol. The van der Waals surface area contributed by atoms with Gasteiger partial charge in [0.25, 0.3) is 15.9 Å². The maximum absolute atomic E-state index is 13.9. The third-order valence-electron chi connectivity index (χ3n) is 6.97. The lowest BCUT2D eigenvalue weighted by atomic mass is 9.93. The van der Waals surface area contributed by atoms with Crippen molar-refractivity contribution < 1.29 is 17.9 Å². The molecule has 0 aliphatic carbocycles. The van der Waals surface area contributed by atoms with Gasteiger partial charge < -0.3 is 10.1 Å². The number of rotatable bonds is 10. The summed E-state index contributed by atoms with van der Waals surface area (Å²) in [5, 5.41) is 3.11. The molecule has 0 aromatic heterocycles. The smallest absolute Gasteiger partial charge is 0.264 e. The van der Waals surface area contributed by atoms with Crippen LogP contribution in [0, 0.1) is 6.92 Å². The van der Waals surface area contributed by atoms with E-state index in [0.717, 1.165) is 28.0 Å². The van der Waals surface area contributed by atoms with E-state index >= 15 is 0 Å². The van der Waals surface area contributed by atoms with Crippen molar-refractivity contribution in [3.05, 3.63) is 125 Å². The summed E-state index contributed by atoms with van der Waals surface area (Å²) in [6, 6.07) is 28.2. The van der Waals surface area contributed by atoms with Crippen LogP contribution in [0.5, 0.6) is 5.75 Å². The van der Waals surface area contributed by atoms with Gasteiger partial charge in [0.05, 0.1) is 35.8 Å². The van der Waals surface area contributed by atoms with E-state index in [4.69, 9.17) is 4.74 Å². The number of ether oxygens (including phenoxy) is 1. The Morgan fingerprint density at radius 2 is 1.45 bits per heavy atom. The lowest BCUT2D eigenvalue weighted by molar-refractivity contribution is 0.0940. The van der Waals surface area contributed by atoms with Crippen molar-refractivity contribution in [2.75, 3.05) is 11.4 Å². The van der Waals surface area contributed by atoms with Gasteiger partial charge in [0, 0.05) is 0 Å². The van der Waals surface area contributed by atoms with Crippen molar-refractivity contribution in [3.8, 4) is 5.75 Å². The Morgan fingerprint density at radius 1 is 0.850 bits per heavy atom. The van der Waals surface area contributed by atoms with Crippen LogP contribution in [0.3, 0.4) is 0 Å². The van der Waals surface area contributed by atoms with Crippen LogP contribution < -0.4 is 14.4 Å². The normalized spacial score (nSPS) is 12.2. The van der Waals surface area contributed by atoms with Gasteiger partial charge in [-0.3, -0.25) is 9.10 Å². The second kappa shape index (κ2) is 12.4. The highest BCUT2D eigenvalue weighted by Crippen LogP contribution is 2.33. The topological polar surface area (TPSA) is 75.7 Å². The fourth-order valence-corrected chi connectivity index (χ4v) is 6.31. The minimum absolute atomic E-state index is 0.0766. The van der Waals surface area contributed by atoms with Gasteiger partial charge in [-0.1, -0.05) is 74.5 Å². The zero-order chi connectivity index (χ0) is 28.9. The van der Waals surface area contributed by atoms with Gasteiger partial charge in [-0.2, -0.15) is 0 Å². The van der Waals surface area contributed by atoms with Crippen LogP contribution in [0.1, 0.15) is 65.3 Å². The average Bonchev–Trinajstić information content (AvgIpc) is 2.96. The van der Waals surface area contributed by atoms with Gasteiger partial charge in [0.1, 0.15) is 5.75 Å². The number of anilines is 1. The monoisotopic (exact) mass is 556 g/mol. The minimum Gasteiger partial charge on any atom is -0.496 e. The molecular weight excluding hydrogens is 520 g/mol. The molecule has 4 aromatic carbocycles. The fraction of sp³-hybridized carbons (Fsp3) is 0.242. The molecule has 1 unspecified atom stereocenters. The SMILES string of the molecule is COc1cc(C)c(C(C)NC(=O)c2ccccc2N(Cc2ccccc2)S(=O)(=O)c2ccccc2)cc1C(C)C. The summed E-state index contributed by atoms with van der Waals surface area (Å²) in [5.74, 6) is 0.709. The standard InChI is InChI=1S/C33H36N2O4S/c1-23(2)29-21-30(24(3)20-32(29)39-5)25(4)34-33(36)28-18-12-13-19-31(28)35(22-26-14-8-6-9-15-26)40(37,38)27-16-10-7-11-17-27/h6-21,23,25H,22H2,1-5H3,(H,34,36). The molecule has 0 saturated heterocycles. The van der Waals surface area contributed by atoms with E-state index in [1.165, 1.54) is 4.31 Å². The van der Waals surface area contributed by atoms with Gasteiger partial charge in [-0.05, 0) is 78.4 Å². The number of nitrogens with one attached hydrogen (secondary N) is 1. The predicted octanol–water partition coefficient (Wildman–Crippen LogP) is 7.01. The molecule has 208 valence electrons. The van der Waals surface area contributed by atoms with Crippen molar-refractivity contribution in [2.45, 2.75) is 51.1 Å². The molecule has 0 saturated carbocycles. The summed E-state index contributed by atoms with van der Waals surface area (Å²) in [5.41, 5.74) is 4.44. The van der Waals surface area contributed by atoms with E-state index in [1.54, 1.807) is 61.7 Å². The quantitative estimate of drug-likeness (QED) is 0.228. The number of carbonyl (C=O) groups is 1. The first-order valence-corrected chi connectivity index (χ1v) is 14.8. The lowest BCUT2D eigenvalue weighted by Gasteiger charge is -2.27. The highest BCUT2D eigenvalue weighted by Gasteiger charge is 2.29. The zero-order valence-corrected chi connectivity index (χ0v) is 24.4. The van der Waals surface area contributed by atoms with Crippen LogP contribution in [0.4, 0.5) is 5.69 Å². The number of nitrogens with zero attached hydrogens (tertiary/aromatic N) is 1. The van der Waals surface area contributed by atoms with Crippen molar-refractivity contribution in [3.63, 3.8) is 0 Å². The molecule has 7 heteroatoms. The first kappa shape index (κ1) is 28.9. The maximum atomic E-state index is 13.9. The Bertz CT molecular complexity index is 1570. The van der Waals surface area contributed by atoms with E-state index in [9.17, 15) is 13.2 Å². The third-order valence-corrected chi connectivity index (χ3v) is 8.75. The fourth-order valence-electron chi connectivity index (χ4n) is 4.81. The summed E-state index contributed by atoms with van der Waals surface area (Å²) >= 11 is 0. The van der Waals surface area contributed by atoms with Crippen LogP contribution in [0.25, 0.3) is 0 Å². The summed E-state index contributed by atoms with van der Waals surface area (Å²) < 4.78 is 34.8. The predicted molar refractivity (Wildman–Crippen MR) is 160 cm³/mol. The number of hydrogen-bond donors (Lipinski definition) is 1. The van der Waals surface area contributed by atoms with Crippen LogP contribution in [-0.4, -0.2) is 21.4 Å². The number of carbonyl (C=O) groups excluding carboxylic acids is 1. The molecule has 6 nitrogen and oxygen atoms in total. The highest BCUT2D eigenvalue weighted by atomic mass is 32.2. The molecule has 4 rings (SSSR count). The van der Waals surface area contributed by atoms with Crippen molar-refractivity contribution in [1.29, 1.82) is 0 Å². The Labute approximate surface area is 237 Å². The van der Waals surface area contributed by atoms with Gasteiger partial charge in [0.2, 0.25) is 0 Å². The van der Waals surface area contributed by atoms with Crippen LogP contribution in [0.15, 0.2) is 102 Å². The van der Waals surface area contributed by atoms with Crippen LogP contribution in [-0.2, 0) is 16.6 Å². The number of hydrogen-bond acceptors (Lipinski definition) is 4. The van der Waals surface area contributed by atoms with E-state index in [2.05, 4.69) is 25.2 Å². The van der Waals surface area contributed by atoms with E-state index < -0.39 is 10.0 Å². The minimum atomic E-state index is -3.98. The van der Waals surface area contributed by atoms with E-state index in [1.807, 2.05) is 50.2 Å². The Morgan fingerprint density at radius 3 is 2.08 bits per heavy atom. The molecule has 0 aliphatic heterocycles. The number of aryl methyl sites for hydroxylation is 1. The van der Waals surface area contributed by atoms with Crippen LogP contribution >= 0.6 is 0 Å². The van der Waals surface area contributed by atoms with Crippen molar-refractivity contribution in [1.82, 2.24) is 5.32 Å². The zero-order valence-electron chi connectivity index (χ0n) is 23.6. The molecule has 4 aromatic rings. The lowest BCUT2D eigenvalue weighted by Crippen LogP contribution is -2.34. The molecular formula is C33H36N2O4S. The van der Waals surface area contributed by atoms with Crippen molar-refractivity contribution in [2.24, 2.45) is 0 Å². The van der Waals surface area contributed by atoms with Gasteiger partial charge >= 0.3 is 0 Å². The Balaban J connectivity index is 1.73. The molecule has 0 bridgehead atoms. The van der Waals surface area contributed by atoms with Crippen molar-refractivity contribution >= 4 is 21.6 Å². The summed E-state index contributed by atoms with van der Waals surface area (Å²) in [6.07, 6.45) is 0. The van der Waals surface area contributed by atoms with Crippen LogP contribution in [0.2, 0.25) is 0 Å². The molecule has 0 aliphatic rings. The number of benzene rings is 4. The second-order valence-corrected chi connectivity index (χ2v) is 12.0. The number of amides is 1. The number of methoxy groups -OCH3 is 1. The summed E-state index contributed by atoms with van der Waals surface area (Å²) in [4.78, 5) is 13.9. The molecule has 1 N–H and O–H groups in total. The maximum Gasteiger partial charge on any atom is 0.264 e. The molecule has 1 atom stereocenters. The van der Waals surface area contributed by atoms with E-state index in [0.29, 0.717) is 5.69 Å². The molecule has 40 heavy (non-hydrogen) atoms. The second-order valence-electron chi connectivity index (χ2n) is 10.1. The first-order valence-electron chi connectivity index (χ1n) is 13.3. The molecule has 0 radical (unpaired) electrons. The first-order chi connectivity index (χ1) is 19.1. The van der Waals surface area contributed by atoms with E-state index in [-0.39, 0.29) is 34.9 Å². The largest absolute Gasteiger partial charge is 0.496 e. The van der Waals surface area contributed by atoms with Gasteiger partial charge in [-0.25, -0.2) is 8.42 Å². The van der Waals surface area contributed by atoms with Gasteiger partial charge in [0.15, 0.2) is 0 Å². The number of sulfonamides is 1. The Kier molecular flexibility index (Phi) is 8.95.